The third-order valence-electron chi connectivity index (χ3n) is 3.37. The minimum atomic E-state index is -0.884. The van der Waals surface area contributed by atoms with Crippen LogP contribution in [0.15, 0.2) is 35.5 Å². The summed E-state index contributed by atoms with van der Waals surface area (Å²) in [6.07, 6.45) is 9.94. The maximum Gasteiger partial charge on any atom is 0.328 e. The summed E-state index contributed by atoms with van der Waals surface area (Å²) in [5.74, 6) is -0.394. The van der Waals surface area contributed by atoms with E-state index in [-0.39, 0.29) is 5.41 Å². The molecule has 0 saturated heterocycles. The van der Waals surface area contributed by atoms with Gasteiger partial charge in [0.05, 0.1) is 0 Å². The maximum absolute atomic E-state index is 10.5. The van der Waals surface area contributed by atoms with E-state index in [9.17, 15) is 4.79 Å². The maximum atomic E-state index is 10.5. The van der Waals surface area contributed by atoms with Crippen LogP contribution in [0.4, 0.5) is 0 Å². The smallest absolute Gasteiger partial charge is 0.328 e. The number of carboxylic acids is 1. The van der Waals surface area contributed by atoms with Crippen molar-refractivity contribution in [3.63, 3.8) is 0 Å². The molecular formula is C15H22O2. The van der Waals surface area contributed by atoms with Crippen LogP contribution < -0.4 is 0 Å². The fourth-order valence-corrected chi connectivity index (χ4v) is 2.42. The third kappa shape index (κ3) is 4.22. The highest BCUT2D eigenvalue weighted by molar-refractivity contribution is 5.81. The molecule has 2 nitrogen and oxygen atoms in total. The van der Waals surface area contributed by atoms with Crippen LogP contribution in [0.1, 0.15) is 40.5 Å². The zero-order valence-electron chi connectivity index (χ0n) is 11.2. The van der Waals surface area contributed by atoms with E-state index in [4.69, 9.17) is 5.11 Å². The molecule has 1 aliphatic carbocycles. The Morgan fingerprint density at radius 1 is 1.53 bits per heavy atom. The highest BCUT2D eigenvalue weighted by atomic mass is 16.4. The Hall–Kier alpha value is -1.31. The minimum Gasteiger partial charge on any atom is -0.478 e. The summed E-state index contributed by atoms with van der Waals surface area (Å²) in [5, 5.41) is 8.64. The van der Waals surface area contributed by atoms with Crippen molar-refractivity contribution in [3.05, 3.63) is 35.5 Å². The molecule has 0 aliphatic heterocycles. The van der Waals surface area contributed by atoms with Gasteiger partial charge in [0.2, 0.25) is 0 Å². The van der Waals surface area contributed by atoms with Gasteiger partial charge in [-0.05, 0) is 43.6 Å². The molecule has 0 heterocycles. The summed E-state index contributed by atoms with van der Waals surface area (Å²) in [7, 11) is 0. The van der Waals surface area contributed by atoms with Crippen molar-refractivity contribution in [2.24, 2.45) is 11.3 Å². The molecule has 0 aromatic heterocycles. The van der Waals surface area contributed by atoms with Crippen LogP contribution in [-0.4, -0.2) is 11.1 Å². The van der Waals surface area contributed by atoms with Crippen LogP contribution in [0.2, 0.25) is 0 Å². The lowest BCUT2D eigenvalue weighted by Crippen LogP contribution is -2.23. The van der Waals surface area contributed by atoms with Gasteiger partial charge in [-0.25, -0.2) is 4.79 Å². The molecule has 2 heteroatoms. The molecule has 0 saturated carbocycles. The van der Waals surface area contributed by atoms with Gasteiger partial charge in [0.15, 0.2) is 0 Å². The summed E-state index contributed by atoms with van der Waals surface area (Å²) in [5.41, 5.74) is 2.42. The highest BCUT2D eigenvalue weighted by Crippen LogP contribution is 2.39. The predicted molar refractivity (Wildman–Crippen MR) is 70.8 cm³/mol. The highest BCUT2D eigenvalue weighted by Gasteiger charge is 2.28. The van der Waals surface area contributed by atoms with Crippen molar-refractivity contribution in [1.82, 2.24) is 0 Å². The number of carbonyl (C=O) groups is 1. The van der Waals surface area contributed by atoms with E-state index in [1.807, 2.05) is 13.0 Å². The van der Waals surface area contributed by atoms with Crippen LogP contribution in [0.3, 0.4) is 0 Å². The molecule has 94 valence electrons. The minimum absolute atomic E-state index is 0.169. The first kappa shape index (κ1) is 13.8. The van der Waals surface area contributed by atoms with Gasteiger partial charge in [-0.15, -0.1) is 0 Å². The zero-order valence-corrected chi connectivity index (χ0v) is 11.2. The van der Waals surface area contributed by atoms with E-state index in [1.165, 1.54) is 11.6 Å². The molecule has 0 fully saturated rings. The van der Waals surface area contributed by atoms with Gasteiger partial charge >= 0.3 is 5.97 Å². The molecule has 0 aromatic carbocycles. The van der Waals surface area contributed by atoms with Gasteiger partial charge in [-0.1, -0.05) is 37.6 Å². The molecule has 0 bridgehead atoms. The van der Waals surface area contributed by atoms with E-state index in [0.717, 1.165) is 18.4 Å². The average molecular weight is 234 g/mol. The number of allylic oxidation sites excluding steroid dienone is 5. The molecule has 1 unspecified atom stereocenters. The van der Waals surface area contributed by atoms with Crippen LogP contribution >= 0.6 is 0 Å². The number of carboxylic acid groups (broad SMARTS) is 1. The third-order valence-corrected chi connectivity index (χ3v) is 3.37. The summed E-state index contributed by atoms with van der Waals surface area (Å²) >= 11 is 0. The van der Waals surface area contributed by atoms with Gasteiger partial charge in [0.1, 0.15) is 0 Å². The van der Waals surface area contributed by atoms with Crippen LogP contribution in [0.25, 0.3) is 0 Å². The second-order valence-electron chi connectivity index (χ2n) is 5.54. The van der Waals surface area contributed by atoms with Gasteiger partial charge in [-0.2, -0.15) is 0 Å². The summed E-state index contributed by atoms with van der Waals surface area (Å²) < 4.78 is 0. The number of hydrogen-bond donors (Lipinski definition) is 1. The Bertz CT molecular complexity index is 384. The molecule has 1 aliphatic rings. The SMILES string of the molecule is CC1=CC(C)(C)C(/C=C/C(C)=C\C(=O)O)CC1. The van der Waals surface area contributed by atoms with Gasteiger partial charge < -0.3 is 5.11 Å². The molecule has 17 heavy (non-hydrogen) atoms. The normalized spacial score (nSPS) is 24.8. The second-order valence-corrected chi connectivity index (χ2v) is 5.54. The fraction of sp³-hybridized carbons (Fsp3) is 0.533. The van der Waals surface area contributed by atoms with Crippen molar-refractivity contribution in [3.8, 4) is 0 Å². The largest absolute Gasteiger partial charge is 0.478 e. The molecular weight excluding hydrogens is 212 g/mol. The van der Waals surface area contributed by atoms with Gasteiger partial charge in [0, 0.05) is 6.08 Å². The average Bonchev–Trinajstić information content (AvgIpc) is 2.13. The number of hydrogen-bond acceptors (Lipinski definition) is 1. The molecule has 0 aromatic rings. The van der Waals surface area contributed by atoms with E-state index in [1.54, 1.807) is 0 Å². The van der Waals surface area contributed by atoms with E-state index >= 15 is 0 Å². The van der Waals surface area contributed by atoms with Gasteiger partial charge in [-0.3, -0.25) is 0 Å². The van der Waals surface area contributed by atoms with Crippen LogP contribution in [0, 0.1) is 11.3 Å². The molecule has 1 rings (SSSR count). The monoisotopic (exact) mass is 234 g/mol. The van der Waals surface area contributed by atoms with Crippen molar-refractivity contribution >= 4 is 5.97 Å². The lowest BCUT2D eigenvalue weighted by atomic mass is 9.71. The first-order valence-electron chi connectivity index (χ1n) is 6.09. The standard InChI is InChI=1S/C15H22O2/c1-11(9-14(16)17)5-7-13-8-6-12(2)10-15(13,3)4/h5,7,9-10,13H,6,8H2,1-4H3,(H,16,17)/b7-5+,11-9-. The van der Waals surface area contributed by atoms with Crippen molar-refractivity contribution in [2.45, 2.75) is 40.5 Å². The zero-order chi connectivity index (χ0) is 13.1. The fourth-order valence-electron chi connectivity index (χ4n) is 2.42. The Balaban J connectivity index is 2.76. The Labute approximate surface area is 104 Å². The lowest BCUT2D eigenvalue weighted by Gasteiger charge is -2.34. The van der Waals surface area contributed by atoms with Gasteiger partial charge in [0.25, 0.3) is 0 Å². The Morgan fingerprint density at radius 2 is 2.18 bits per heavy atom. The van der Waals surface area contributed by atoms with Crippen molar-refractivity contribution < 1.29 is 9.90 Å². The quantitative estimate of drug-likeness (QED) is 0.456. The molecule has 0 radical (unpaired) electrons. The lowest BCUT2D eigenvalue weighted by molar-refractivity contribution is -0.131. The predicted octanol–water partition coefficient (Wildman–Crippen LogP) is 3.96. The number of aliphatic carboxylic acids is 1. The first-order valence-corrected chi connectivity index (χ1v) is 6.09. The Morgan fingerprint density at radius 3 is 2.71 bits per heavy atom. The summed E-state index contributed by atoms with van der Waals surface area (Å²) in [6, 6.07) is 0. The van der Waals surface area contributed by atoms with E-state index in [0.29, 0.717) is 5.92 Å². The van der Waals surface area contributed by atoms with Crippen LogP contribution in [-0.2, 0) is 4.79 Å². The molecule has 0 spiro atoms. The molecule has 1 N–H and O–H groups in total. The second kappa shape index (κ2) is 5.35. The van der Waals surface area contributed by atoms with Crippen LogP contribution in [0.5, 0.6) is 0 Å². The molecule has 0 amide bonds. The molecule has 1 atom stereocenters. The van der Waals surface area contributed by atoms with Crippen molar-refractivity contribution in [1.29, 1.82) is 0 Å². The van der Waals surface area contributed by atoms with E-state index < -0.39 is 5.97 Å². The number of rotatable bonds is 3. The topological polar surface area (TPSA) is 37.3 Å². The van der Waals surface area contributed by atoms with Crippen molar-refractivity contribution in [2.75, 3.05) is 0 Å². The summed E-state index contributed by atoms with van der Waals surface area (Å²) in [4.78, 5) is 10.5. The van der Waals surface area contributed by atoms with E-state index in [2.05, 4.69) is 32.9 Å². The summed E-state index contributed by atoms with van der Waals surface area (Å²) in [6.45, 7) is 8.47. The first-order chi connectivity index (χ1) is 7.81. The Kier molecular flexibility index (Phi) is 4.33.